The Bertz CT molecular complexity index is 151. The molecule has 2 N–H and O–H groups in total. The van der Waals surface area contributed by atoms with Crippen LogP contribution < -0.4 is 10.6 Å². The Balaban J connectivity index is 3.34. The Kier molecular flexibility index (Phi) is 8.33. The molecule has 4 heteroatoms. The summed E-state index contributed by atoms with van der Waals surface area (Å²) in [7, 11) is 1.66. The van der Waals surface area contributed by atoms with Gasteiger partial charge in [0, 0.05) is 20.2 Å². The lowest BCUT2D eigenvalue weighted by Gasteiger charge is -2.11. The molecule has 0 bridgehead atoms. The van der Waals surface area contributed by atoms with E-state index in [0.29, 0.717) is 19.1 Å². The number of methoxy groups -OCH3 is 1. The van der Waals surface area contributed by atoms with Gasteiger partial charge in [-0.3, -0.25) is 0 Å². The van der Waals surface area contributed by atoms with E-state index in [1.807, 2.05) is 6.92 Å². The molecular formula is C10H22N2O2. The minimum atomic E-state index is -0.0820. The summed E-state index contributed by atoms with van der Waals surface area (Å²) >= 11 is 0. The van der Waals surface area contributed by atoms with Crippen LogP contribution in [0, 0.1) is 5.92 Å². The Morgan fingerprint density at radius 2 is 2.14 bits per heavy atom. The SMILES string of the molecule is CCCCNC(=O)NCC(C)COC. The van der Waals surface area contributed by atoms with Gasteiger partial charge in [0.1, 0.15) is 0 Å². The summed E-state index contributed by atoms with van der Waals surface area (Å²) in [5.74, 6) is 0.358. The number of amides is 2. The third-order valence-electron chi connectivity index (χ3n) is 1.88. The van der Waals surface area contributed by atoms with E-state index in [4.69, 9.17) is 4.74 Å². The number of carbonyl (C=O) groups excluding carboxylic acids is 1. The molecule has 0 aliphatic heterocycles. The van der Waals surface area contributed by atoms with Crippen LogP contribution in [0.15, 0.2) is 0 Å². The first-order valence-electron chi connectivity index (χ1n) is 5.21. The molecule has 0 aromatic rings. The Morgan fingerprint density at radius 1 is 1.43 bits per heavy atom. The number of ether oxygens (including phenoxy) is 1. The highest BCUT2D eigenvalue weighted by Gasteiger charge is 2.03. The monoisotopic (exact) mass is 202 g/mol. The lowest BCUT2D eigenvalue weighted by Crippen LogP contribution is -2.38. The second kappa shape index (κ2) is 8.81. The molecule has 0 aromatic carbocycles. The molecule has 4 nitrogen and oxygen atoms in total. The summed E-state index contributed by atoms with van der Waals surface area (Å²) in [6, 6.07) is -0.0820. The third-order valence-corrected chi connectivity index (χ3v) is 1.88. The van der Waals surface area contributed by atoms with Crippen LogP contribution in [0.5, 0.6) is 0 Å². The number of rotatable bonds is 7. The molecule has 2 amide bonds. The molecule has 0 radical (unpaired) electrons. The predicted octanol–water partition coefficient (Wildman–Crippen LogP) is 1.37. The van der Waals surface area contributed by atoms with Crippen LogP contribution in [0.25, 0.3) is 0 Å². The highest BCUT2D eigenvalue weighted by Crippen LogP contribution is 1.91. The fourth-order valence-corrected chi connectivity index (χ4v) is 1.05. The first-order chi connectivity index (χ1) is 6.70. The van der Waals surface area contributed by atoms with Crippen LogP contribution in [-0.2, 0) is 4.74 Å². The zero-order valence-electron chi connectivity index (χ0n) is 9.43. The molecule has 0 saturated heterocycles. The number of unbranched alkanes of at least 4 members (excludes halogenated alkanes) is 1. The van der Waals surface area contributed by atoms with Crippen molar-refractivity contribution in [1.82, 2.24) is 10.6 Å². The van der Waals surface area contributed by atoms with Gasteiger partial charge in [0.25, 0.3) is 0 Å². The van der Waals surface area contributed by atoms with Crippen molar-refractivity contribution in [3.05, 3.63) is 0 Å². The van der Waals surface area contributed by atoms with Crippen LogP contribution in [0.3, 0.4) is 0 Å². The summed E-state index contributed by atoms with van der Waals surface area (Å²) < 4.78 is 4.96. The highest BCUT2D eigenvalue weighted by atomic mass is 16.5. The van der Waals surface area contributed by atoms with Crippen molar-refractivity contribution in [2.75, 3.05) is 26.8 Å². The maximum atomic E-state index is 11.2. The smallest absolute Gasteiger partial charge is 0.314 e. The van der Waals surface area contributed by atoms with Crippen molar-refractivity contribution in [2.24, 2.45) is 5.92 Å². The van der Waals surface area contributed by atoms with E-state index in [1.54, 1.807) is 7.11 Å². The van der Waals surface area contributed by atoms with Gasteiger partial charge in [-0.1, -0.05) is 20.3 Å². The average Bonchev–Trinajstić information content (AvgIpc) is 2.16. The molecule has 0 saturated carbocycles. The molecule has 1 atom stereocenters. The maximum Gasteiger partial charge on any atom is 0.314 e. The highest BCUT2D eigenvalue weighted by molar-refractivity contribution is 5.73. The van der Waals surface area contributed by atoms with E-state index in [9.17, 15) is 4.79 Å². The Hall–Kier alpha value is -0.770. The standard InChI is InChI=1S/C10H22N2O2/c1-4-5-6-11-10(13)12-7-9(2)8-14-3/h9H,4-8H2,1-3H3,(H2,11,12,13). The van der Waals surface area contributed by atoms with Gasteiger partial charge in [0.2, 0.25) is 0 Å². The van der Waals surface area contributed by atoms with Crippen LogP contribution in [0.4, 0.5) is 4.79 Å². The summed E-state index contributed by atoms with van der Waals surface area (Å²) in [5.41, 5.74) is 0. The van der Waals surface area contributed by atoms with E-state index in [2.05, 4.69) is 17.6 Å². The number of hydrogen-bond acceptors (Lipinski definition) is 2. The molecule has 0 aliphatic carbocycles. The van der Waals surface area contributed by atoms with Crippen molar-refractivity contribution in [1.29, 1.82) is 0 Å². The zero-order valence-corrected chi connectivity index (χ0v) is 9.43. The number of carbonyl (C=O) groups is 1. The summed E-state index contributed by atoms with van der Waals surface area (Å²) in [5, 5.41) is 5.59. The van der Waals surface area contributed by atoms with Gasteiger partial charge in [0.15, 0.2) is 0 Å². The van der Waals surface area contributed by atoms with E-state index < -0.39 is 0 Å². The van der Waals surface area contributed by atoms with Gasteiger partial charge in [-0.25, -0.2) is 4.79 Å². The van der Waals surface area contributed by atoms with Crippen LogP contribution >= 0.6 is 0 Å². The van der Waals surface area contributed by atoms with Crippen LogP contribution in [-0.4, -0.2) is 32.8 Å². The molecule has 14 heavy (non-hydrogen) atoms. The van der Waals surface area contributed by atoms with Gasteiger partial charge in [-0.2, -0.15) is 0 Å². The van der Waals surface area contributed by atoms with Crippen LogP contribution in [0.1, 0.15) is 26.7 Å². The third kappa shape index (κ3) is 7.86. The second-order valence-corrected chi connectivity index (χ2v) is 3.55. The molecule has 0 heterocycles. The van der Waals surface area contributed by atoms with Crippen LogP contribution in [0.2, 0.25) is 0 Å². The van der Waals surface area contributed by atoms with Crippen molar-refractivity contribution in [3.8, 4) is 0 Å². The molecule has 0 fully saturated rings. The Morgan fingerprint density at radius 3 is 2.71 bits per heavy atom. The van der Waals surface area contributed by atoms with Crippen molar-refractivity contribution >= 4 is 6.03 Å². The maximum absolute atomic E-state index is 11.2. The fraction of sp³-hybridized carbons (Fsp3) is 0.900. The van der Waals surface area contributed by atoms with Crippen molar-refractivity contribution < 1.29 is 9.53 Å². The molecule has 1 unspecified atom stereocenters. The van der Waals surface area contributed by atoms with Crippen molar-refractivity contribution in [2.45, 2.75) is 26.7 Å². The average molecular weight is 202 g/mol. The van der Waals surface area contributed by atoms with Gasteiger partial charge in [-0.05, 0) is 12.3 Å². The molecule has 0 aromatic heterocycles. The van der Waals surface area contributed by atoms with E-state index in [1.165, 1.54) is 0 Å². The van der Waals surface area contributed by atoms with Gasteiger partial charge < -0.3 is 15.4 Å². The predicted molar refractivity (Wildman–Crippen MR) is 57.3 cm³/mol. The summed E-state index contributed by atoms with van der Waals surface area (Å²) in [4.78, 5) is 11.2. The van der Waals surface area contributed by atoms with Gasteiger partial charge >= 0.3 is 6.03 Å². The largest absolute Gasteiger partial charge is 0.384 e. The van der Waals surface area contributed by atoms with Gasteiger partial charge in [0.05, 0.1) is 6.61 Å². The van der Waals surface area contributed by atoms with Crippen molar-refractivity contribution in [3.63, 3.8) is 0 Å². The number of nitrogens with one attached hydrogen (secondary N) is 2. The quantitative estimate of drug-likeness (QED) is 0.613. The molecule has 0 rings (SSSR count). The number of urea groups is 1. The summed E-state index contributed by atoms with van der Waals surface area (Å²) in [6.45, 7) is 6.22. The molecule has 0 aliphatic rings. The molecule has 84 valence electrons. The first-order valence-corrected chi connectivity index (χ1v) is 5.21. The zero-order chi connectivity index (χ0) is 10.8. The first kappa shape index (κ1) is 13.2. The topological polar surface area (TPSA) is 50.4 Å². The fourth-order valence-electron chi connectivity index (χ4n) is 1.05. The normalized spacial score (nSPS) is 12.2. The molecular weight excluding hydrogens is 180 g/mol. The lowest BCUT2D eigenvalue weighted by molar-refractivity contribution is 0.158. The second-order valence-electron chi connectivity index (χ2n) is 3.55. The van der Waals surface area contributed by atoms with E-state index in [0.717, 1.165) is 19.4 Å². The minimum absolute atomic E-state index is 0.0820. The minimum Gasteiger partial charge on any atom is -0.384 e. The number of hydrogen-bond donors (Lipinski definition) is 2. The van der Waals surface area contributed by atoms with E-state index >= 15 is 0 Å². The lowest BCUT2D eigenvalue weighted by atomic mass is 10.2. The molecule has 0 spiro atoms. The van der Waals surface area contributed by atoms with E-state index in [-0.39, 0.29) is 6.03 Å². The van der Waals surface area contributed by atoms with Gasteiger partial charge in [-0.15, -0.1) is 0 Å². The Labute approximate surface area is 86.4 Å². The summed E-state index contributed by atoms with van der Waals surface area (Å²) in [6.07, 6.45) is 2.13.